The molecule has 0 spiro atoms. The van der Waals surface area contributed by atoms with Crippen LogP contribution in [-0.2, 0) is 0 Å². The molecule has 0 aliphatic heterocycles. The average molecular weight is 176 g/mol. The van der Waals surface area contributed by atoms with Crippen molar-refractivity contribution in [3.63, 3.8) is 0 Å². The van der Waals surface area contributed by atoms with Crippen LogP contribution in [0.3, 0.4) is 0 Å². The highest BCUT2D eigenvalue weighted by molar-refractivity contribution is 7.80. The van der Waals surface area contributed by atoms with Gasteiger partial charge in [-0.15, -0.1) is 0 Å². The molecule has 0 heterocycles. The molecule has 0 aromatic rings. The summed E-state index contributed by atoms with van der Waals surface area (Å²) in [7, 11) is 0. The van der Waals surface area contributed by atoms with Gasteiger partial charge >= 0.3 is 0 Å². The maximum atomic E-state index is 9.04. The lowest BCUT2D eigenvalue weighted by molar-refractivity contribution is 0.139. The lowest BCUT2D eigenvalue weighted by atomic mass is 10.3. The van der Waals surface area contributed by atoms with Crippen molar-refractivity contribution in [3.05, 3.63) is 0 Å². The van der Waals surface area contributed by atoms with Crippen molar-refractivity contribution in [1.82, 2.24) is 4.90 Å². The Hall–Kier alpha value is -0.190. The lowest BCUT2D eigenvalue weighted by Crippen LogP contribution is -2.37. The molecule has 0 bridgehead atoms. The Kier molecular flexibility index (Phi) is 5.36. The van der Waals surface area contributed by atoms with Crippen molar-refractivity contribution in [2.24, 2.45) is 5.73 Å². The lowest BCUT2D eigenvalue weighted by Gasteiger charge is -2.20. The van der Waals surface area contributed by atoms with Crippen LogP contribution in [0.2, 0.25) is 0 Å². The van der Waals surface area contributed by atoms with Crippen molar-refractivity contribution < 1.29 is 5.11 Å². The summed E-state index contributed by atoms with van der Waals surface area (Å²) in [5, 5.41) is 9.04. The van der Waals surface area contributed by atoms with E-state index in [1.165, 1.54) is 0 Å². The van der Waals surface area contributed by atoms with Gasteiger partial charge in [0.1, 0.15) is 0 Å². The first-order valence-electron chi connectivity index (χ1n) is 3.75. The minimum atomic E-state index is -0.315. The fourth-order valence-corrected chi connectivity index (χ4v) is 1.08. The largest absolute Gasteiger partial charge is 0.392 e. The predicted octanol–water partition coefficient (Wildman–Crippen LogP) is -0.0248. The summed E-state index contributed by atoms with van der Waals surface area (Å²) < 4.78 is 0. The van der Waals surface area contributed by atoms with E-state index in [-0.39, 0.29) is 6.10 Å². The van der Waals surface area contributed by atoms with Crippen LogP contribution in [0.1, 0.15) is 13.8 Å². The Balaban J connectivity index is 3.66. The first-order valence-corrected chi connectivity index (χ1v) is 4.15. The summed E-state index contributed by atoms with van der Waals surface area (Å²) in [6, 6.07) is 0. The van der Waals surface area contributed by atoms with Crippen molar-refractivity contribution in [1.29, 1.82) is 0 Å². The summed E-state index contributed by atoms with van der Waals surface area (Å²) in [5.41, 5.74) is 5.35. The SMILES string of the molecule is CCN(CC(N)=S)CC(C)O. The Morgan fingerprint density at radius 3 is 2.55 bits per heavy atom. The molecule has 66 valence electrons. The molecule has 0 amide bonds. The summed E-state index contributed by atoms with van der Waals surface area (Å²) in [5.74, 6) is 0. The van der Waals surface area contributed by atoms with E-state index < -0.39 is 0 Å². The van der Waals surface area contributed by atoms with Crippen LogP contribution in [0.15, 0.2) is 0 Å². The molecular weight excluding hydrogens is 160 g/mol. The monoisotopic (exact) mass is 176 g/mol. The highest BCUT2D eigenvalue weighted by Gasteiger charge is 2.05. The molecule has 0 saturated carbocycles. The van der Waals surface area contributed by atoms with Crippen molar-refractivity contribution in [3.8, 4) is 0 Å². The summed E-state index contributed by atoms with van der Waals surface area (Å²) in [6.45, 7) is 5.86. The number of rotatable bonds is 5. The number of hydrogen-bond acceptors (Lipinski definition) is 3. The van der Waals surface area contributed by atoms with Gasteiger partial charge in [-0.05, 0) is 13.5 Å². The van der Waals surface area contributed by atoms with Gasteiger partial charge in [0.15, 0.2) is 0 Å². The Morgan fingerprint density at radius 2 is 2.27 bits per heavy atom. The molecule has 0 rings (SSSR count). The maximum Gasteiger partial charge on any atom is 0.0870 e. The molecule has 0 aliphatic rings. The van der Waals surface area contributed by atoms with Crippen molar-refractivity contribution >= 4 is 17.2 Å². The summed E-state index contributed by atoms with van der Waals surface area (Å²) in [4.78, 5) is 2.49. The van der Waals surface area contributed by atoms with Crippen LogP contribution < -0.4 is 5.73 Å². The van der Waals surface area contributed by atoms with Crippen LogP contribution >= 0.6 is 12.2 Å². The van der Waals surface area contributed by atoms with E-state index >= 15 is 0 Å². The molecule has 0 aliphatic carbocycles. The molecule has 0 aromatic heterocycles. The average Bonchev–Trinajstić information content (AvgIpc) is 1.84. The van der Waals surface area contributed by atoms with Gasteiger partial charge in [-0.1, -0.05) is 19.1 Å². The minimum absolute atomic E-state index is 0.315. The predicted molar refractivity (Wildman–Crippen MR) is 50.6 cm³/mol. The van der Waals surface area contributed by atoms with E-state index in [2.05, 4.69) is 0 Å². The number of hydrogen-bond donors (Lipinski definition) is 2. The fraction of sp³-hybridized carbons (Fsp3) is 0.857. The molecule has 0 fully saturated rings. The summed E-state index contributed by atoms with van der Waals surface area (Å²) in [6.07, 6.45) is -0.315. The van der Waals surface area contributed by atoms with E-state index in [4.69, 9.17) is 23.1 Å². The first kappa shape index (κ1) is 10.8. The second-order valence-corrected chi connectivity index (χ2v) is 3.17. The molecule has 1 atom stereocenters. The van der Waals surface area contributed by atoms with Gasteiger partial charge in [0.05, 0.1) is 11.1 Å². The van der Waals surface area contributed by atoms with Crippen molar-refractivity contribution in [2.45, 2.75) is 20.0 Å². The summed E-state index contributed by atoms with van der Waals surface area (Å²) >= 11 is 4.75. The zero-order valence-electron chi connectivity index (χ0n) is 7.08. The zero-order chi connectivity index (χ0) is 8.85. The van der Waals surface area contributed by atoms with E-state index in [0.29, 0.717) is 18.1 Å². The molecule has 0 saturated heterocycles. The van der Waals surface area contributed by atoms with E-state index in [9.17, 15) is 0 Å². The minimum Gasteiger partial charge on any atom is -0.392 e. The third kappa shape index (κ3) is 6.22. The highest BCUT2D eigenvalue weighted by Crippen LogP contribution is 1.90. The smallest absolute Gasteiger partial charge is 0.0870 e. The molecule has 0 aromatic carbocycles. The van der Waals surface area contributed by atoms with Gasteiger partial charge in [-0.2, -0.15) is 0 Å². The molecular formula is C7H16N2OS. The second kappa shape index (κ2) is 5.46. The quantitative estimate of drug-likeness (QED) is 0.578. The molecule has 11 heavy (non-hydrogen) atoms. The van der Waals surface area contributed by atoms with Gasteiger partial charge in [-0.3, -0.25) is 4.90 Å². The highest BCUT2D eigenvalue weighted by atomic mass is 32.1. The van der Waals surface area contributed by atoms with Crippen LogP contribution in [0.5, 0.6) is 0 Å². The van der Waals surface area contributed by atoms with Gasteiger partial charge < -0.3 is 10.8 Å². The standard InChI is InChI=1S/C7H16N2OS/c1-3-9(4-6(2)10)5-7(8)11/h6,10H,3-5H2,1-2H3,(H2,8,11). The van der Waals surface area contributed by atoms with Gasteiger partial charge in [0.2, 0.25) is 0 Å². The number of likely N-dealkylation sites (N-methyl/N-ethyl adjacent to an activating group) is 1. The number of aliphatic hydroxyl groups is 1. The van der Waals surface area contributed by atoms with Crippen LogP contribution in [-0.4, -0.2) is 40.7 Å². The third-order valence-electron chi connectivity index (χ3n) is 1.35. The zero-order valence-corrected chi connectivity index (χ0v) is 7.90. The normalized spacial score (nSPS) is 13.5. The van der Waals surface area contributed by atoms with E-state index in [1.54, 1.807) is 6.92 Å². The Labute approximate surface area is 73.2 Å². The van der Waals surface area contributed by atoms with E-state index in [1.807, 2.05) is 11.8 Å². The molecule has 1 unspecified atom stereocenters. The molecule has 4 heteroatoms. The number of nitrogens with zero attached hydrogens (tertiary/aromatic N) is 1. The third-order valence-corrected chi connectivity index (χ3v) is 1.48. The Morgan fingerprint density at radius 1 is 1.73 bits per heavy atom. The van der Waals surface area contributed by atoms with Crippen LogP contribution in [0.4, 0.5) is 0 Å². The van der Waals surface area contributed by atoms with Crippen LogP contribution in [0, 0.1) is 0 Å². The first-order chi connectivity index (χ1) is 5.06. The van der Waals surface area contributed by atoms with Crippen LogP contribution in [0.25, 0.3) is 0 Å². The Bertz CT molecular complexity index is 128. The molecule has 3 nitrogen and oxygen atoms in total. The second-order valence-electron chi connectivity index (χ2n) is 2.64. The van der Waals surface area contributed by atoms with Gasteiger partial charge in [0.25, 0.3) is 0 Å². The van der Waals surface area contributed by atoms with Crippen molar-refractivity contribution in [2.75, 3.05) is 19.6 Å². The molecule has 0 radical (unpaired) electrons. The van der Waals surface area contributed by atoms with Gasteiger partial charge in [0, 0.05) is 13.1 Å². The number of thiocarbonyl (C=S) groups is 1. The fourth-order valence-electron chi connectivity index (χ4n) is 0.900. The molecule has 3 N–H and O–H groups in total. The number of aliphatic hydroxyl groups excluding tert-OH is 1. The maximum absolute atomic E-state index is 9.04. The van der Waals surface area contributed by atoms with Gasteiger partial charge in [-0.25, -0.2) is 0 Å². The van der Waals surface area contributed by atoms with E-state index in [0.717, 1.165) is 6.54 Å². The number of nitrogens with two attached hydrogens (primary N) is 1. The topological polar surface area (TPSA) is 49.5 Å².